The second kappa shape index (κ2) is 9.96. The van der Waals surface area contributed by atoms with Crippen LogP contribution in [-0.4, -0.2) is 48.4 Å². The Balaban J connectivity index is 1.12. The first kappa shape index (κ1) is 24.2. The van der Waals surface area contributed by atoms with Gasteiger partial charge in [0, 0.05) is 37.1 Å². The molecular formula is C29H32N6O3. The lowest BCUT2D eigenvalue weighted by Crippen LogP contribution is -2.46. The molecule has 3 atom stereocenters. The van der Waals surface area contributed by atoms with E-state index in [0.29, 0.717) is 37.5 Å². The minimum atomic E-state index is -0.457. The molecule has 9 nitrogen and oxygen atoms in total. The molecule has 1 saturated heterocycles. The zero-order valence-electron chi connectivity index (χ0n) is 21.5. The van der Waals surface area contributed by atoms with Crippen molar-refractivity contribution in [3.05, 3.63) is 77.2 Å². The second-order valence-electron chi connectivity index (χ2n) is 10.5. The first-order valence-corrected chi connectivity index (χ1v) is 13.4. The lowest BCUT2D eigenvalue weighted by atomic mass is 9.93. The smallest absolute Gasteiger partial charge is 0.326 e. The van der Waals surface area contributed by atoms with Crippen molar-refractivity contribution in [3.63, 3.8) is 0 Å². The number of nitrogens with zero attached hydrogens (tertiary/aromatic N) is 4. The van der Waals surface area contributed by atoms with Crippen LogP contribution in [0.15, 0.2) is 65.8 Å². The molecule has 6 rings (SSSR count). The van der Waals surface area contributed by atoms with Gasteiger partial charge in [-0.1, -0.05) is 18.6 Å². The molecule has 38 heavy (non-hydrogen) atoms. The maximum absolute atomic E-state index is 13.5. The van der Waals surface area contributed by atoms with Crippen molar-refractivity contribution in [2.24, 2.45) is 11.8 Å². The van der Waals surface area contributed by atoms with Gasteiger partial charge in [0.1, 0.15) is 6.04 Å². The van der Waals surface area contributed by atoms with E-state index in [1.54, 1.807) is 15.8 Å². The number of fused-ring (bicyclic) bond motifs is 2. The fourth-order valence-corrected chi connectivity index (χ4v) is 6.25. The second-order valence-corrected chi connectivity index (χ2v) is 10.5. The number of anilines is 1. The monoisotopic (exact) mass is 512 g/mol. The molecule has 0 radical (unpaired) electrons. The van der Waals surface area contributed by atoms with Gasteiger partial charge in [0.05, 0.1) is 23.1 Å². The molecule has 2 fully saturated rings. The van der Waals surface area contributed by atoms with Crippen molar-refractivity contribution in [3.8, 4) is 5.69 Å². The zero-order chi connectivity index (χ0) is 26.2. The third-order valence-corrected chi connectivity index (χ3v) is 8.08. The first-order chi connectivity index (χ1) is 18.5. The fraction of sp³-hybridized carbons (Fsp3) is 0.379. The Bertz CT molecular complexity index is 1530. The van der Waals surface area contributed by atoms with Gasteiger partial charge >= 0.3 is 5.69 Å². The van der Waals surface area contributed by atoms with Gasteiger partial charge in [-0.25, -0.2) is 9.78 Å². The van der Waals surface area contributed by atoms with Crippen molar-refractivity contribution >= 4 is 28.5 Å². The van der Waals surface area contributed by atoms with E-state index >= 15 is 0 Å². The normalized spacial score (nSPS) is 20.7. The minimum absolute atomic E-state index is 0.0155. The summed E-state index contributed by atoms with van der Waals surface area (Å²) in [5.41, 5.74) is 4.08. The van der Waals surface area contributed by atoms with E-state index in [1.807, 2.05) is 66.2 Å². The predicted octanol–water partition coefficient (Wildman–Crippen LogP) is 3.87. The maximum Gasteiger partial charge on any atom is 0.326 e. The van der Waals surface area contributed by atoms with Crippen LogP contribution in [0.2, 0.25) is 0 Å². The lowest BCUT2D eigenvalue weighted by molar-refractivity contribution is -0.137. The molecule has 3 heterocycles. The third kappa shape index (κ3) is 4.53. The van der Waals surface area contributed by atoms with Crippen molar-refractivity contribution < 1.29 is 9.59 Å². The Morgan fingerprint density at radius 3 is 2.71 bits per heavy atom. The number of aromatic nitrogens is 4. The van der Waals surface area contributed by atoms with Crippen molar-refractivity contribution in [2.45, 2.75) is 51.6 Å². The third-order valence-electron chi connectivity index (χ3n) is 8.08. The number of likely N-dealkylation sites (tertiary alicyclic amines) is 1. The van der Waals surface area contributed by atoms with Gasteiger partial charge in [0.15, 0.2) is 0 Å². The molecule has 2 unspecified atom stereocenters. The number of para-hydroxylation sites is 2. The summed E-state index contributed by atoms with van der Waals surface area (Å²) < 4.78 is 3.62. The summed E-state index contributed by atoms with van der Waals surface area (Å²) in [7, 11) is 0. The standard InChI is InChI=1S/C29H32N6O3/c1-19-16-33(18-30-19)22-13-11-21(12-14-22)31-28(37)27-23-7-4-6-20(23)17-35(27)26(36)10-5-15-34-25-9-3-2-8-24(25)32-29(34)38/h2-3,8-9,11-14,16,18,20,23,27H,4-7,10,15,17H2,1H3,(H,31,37)(H,32,38)/t20?,23?,27-/m0/s1. The van der Waals surface area contributed by atoms with Gasteiger partial charge in [-0.3, -0.25) is 14.2 Å². The Kier molecular flexibility index (Phi) is 6.35. The molecule has 1 saturated carbocycles. The Morgan fingerprint density at radius 2 is 1.92 bits per heavy atom. The summed E-state index contributed by atoms with van der Waals surface area (Å²) in [5, 5.41) is 3.06. The van der Waals surface area contributed by atoms with Gasteiger partial charge in [0.2, 0.25) is 11.8 Å². The molecule has 2 aromatic carbocycles. The summed E-state index contributed by atoms with van der Waals surface area (Å²) in [6, 6.07) is 14.8. The highest BCUT2D eigenvalue weighted by molar-refractivity contribution is 5.98. The number of rotatable bonds is 7. The number of benzene rings is 2. The highest BCUT2D eigenvalue weighted by atomic mass is 16.2. The fourth-order valence-electron chi connectivity index (χ4n) is 6.25. The van der Waals surface area contributed by atoms with Crippen LogP contribution in [-0.2, 0) is 16.1 Å². The van der Waals surface area contributed by atoms with E-state index in [9.17, 15) is 14.4 Å². The van der Waals surface area contributed by atoms with Gasteiger partial charge in [-0.15, -0.1) is 0 Å². The number of amides is 2. The molecule has 0 spiro atoms. The molecule has 1 aliphatic heterocycles. The van der Waals surface area contributed by atoms with E-state index in [4.69, 9.17) is 0 Å². The summed E-state index contributed by atoms with van der Waals surface area (Å²) >= 11 is 0. The van der Waals surface area contributed by atoms with Crippen LogP contribution in [0.3, 0.4) is 0 Å². The van der Waals surface area contributed by atoms with E-state index in [-0.39, 0.29) is 23.4 Å². The Morgan fingerprint density at radius 1 is 1.11 bits per heavy atom. The predicted molar refractivity (Wildman–Crippen MR) is 145 cm³/mol. The average Bonchev–Trinajstić information content (AvgIpc) is 3.68. The van der Waals surface area contributed by atoms with Crippen LogP contribution in [0.4, 0.5) is 5.69 Å². The number of carbonyl (C=O) groups excluding carboxylic acids is 2. The van der Waals surface area contributed by atoms with Crippen molar-refractivity contribution in [1.29, 1.82) is 0 Å². The molecular weight excluding hydrogens is 480 g/mol. The van der Waals surface area contributed by atoms with E-state index in [0.717, 1.165) is 41.7 Å². The van der Waals surface area contributed by atoms with Crippen LogP contribution in [0.5, 0.6) is 0 Å². The highest BCUT2D eigenvalue weighted by Crippen LogP contribution is 2.42. The first-order valence-electron chi connectivity index (χ1n) is 13.4. The van der Waals surface area contributed by atoms with Gasteiger partial charge < -0.3 is 19.8 Å². The average molecular weight is 513 g/mol. The SMILES string of the molecule is Cc1cn(-c2ccc(NC(=O)[C@@H]3C4CCCC4CN3C(=O)CCCn3c(=O)[nH]c4ccccc43)cc2)cn1. The highest BCUT2D eigenvalue weighted by Gasteiger charge is 2.49. The van der Waals surface area contributed by atoms with Crippen LogP contribution in [0, 0.1) is 18.8 Å². The molecule has 0 bridgehead atoms. The maximum atomic E-state index is 13.5. The summed E-state index contributed by atoms with van der Waals surface area (Å²) in [4.78, 5) is 48.2. The topological polar surface area (TPSA) is 105 Å². The summed E-state index contributed by atoms with van der Waals surface area (Å²) in [6.07, 6.45) is 7.68. The van der Waals surface area contributed by atoms with E-state index in [2.05, 4.69) is 15.3 Å². The largest absolute Gasteiger partial charge is 0.330 e. The molecule has 4 aromatic rings. The van der Waals surface area contributed by atoms with Crippen LogP contribution >= 0.6 is 0 Å². The Hall–Kier alpha value is -4.14. The van der Waals surface area contributed by atoms with Crippen molar-refractivity contribution in [1.82, 2.24) is 24.0 Å². The number of hydrogen-bond donors (Lipinski definition) is 2. The number of aromatic amines is 1. The van der Waals surface area contributed by atoms with Gasteiger partial charge in [0.25, 0.3) is 0 Å². The number of carbonyl (C=O) groups is 2. The van der Waals surface area contributed by atoms with Crippen LogP contribution < -0.4 is 11.0 Å². The van der Waals surface area contributed by atoms with E-state index < -0.39 is 6.04 Å². The van der Waals surface area contributed by atoms with Crippen LogP contribution in [0.1, 0.15) is 37.8 Å². The molecule has 2 aromatic heterocycles. The number of hydrogen-bond acceptors (Lipinski definition) is 4. The van der Waals surface area contributed by atoms with Gasteiger partial charge in [-0.2, -0.15) is 0 Å². The summed E-state index contributed by atoms with van der Waals surface area (Å²) in [6.45, 7) is 3.03. The lowest BCUT2D eigenvalue weighted by Gasteiger charge is -2.27. The quantitative estimate of drug-likeness (QED) is 0.392. The number of imidazole rings is 2. The summed E-state index contributed by atoms with van der Waals surface area (Å²) in [5.74, 6) is 0.436. The molecule has 196 valence electrons. The molecule has 2 aliphatic rings. The molecule has 2 N–H and O–H groups in total. The molecule has 2 amide bonds. The van der Waals surface area contributed by atoms with E-state index in [1.165, 1.54) is 0 Å². The number of aryl methyl sites for hydroxylation is 2. The molecule has 1 aliphatic carbocycles. The zero-order valence-corrected chi connectivity index (χ0v) is 21.5. The van der Waals surface area contributed by atoms with Crippen molar-refractivity contribution in [2.75, 3.05) is 11.9 Å². The number of nitrogens with one attached hydrogen (secondary N) is 2. The minimum Gasteiger partial charge on any atom is -0.330 e. The molecule has 9 heteroatoms. The number of H-pyrrole nitrogens is 1. The van der Waals surface area contributed by atoms with Crippen LogP contribution in [0.25, 0.3) is 16.7 Å². The van der Waals surface area contributed by atoms with Gasteiger partial charge in [-0.05, 0) is 74.4 Å². The Labute approximate surface area is 220 Å².